The van der Waals surface area contributed by atoms with Crippen molar-refractivity contribution in [3.8, 4) is 5.75 Å². The average Bonchev–Trinajstić information content (AvgIpc) is 2.77. The number of carboxylic acids is 1. The van der Waals surface area contributed by atoms with Gasteiger partial charge in [-0.3, -0.25) is 4.90 Å². The maximum Gasteiger partial charge on any atom is 0.351 e. The molecule has 1 aromatic heterocycles. The van der Waals surface area contributed by atoms with Crippen LogP contribution in [-0.4, -0.2) is 55.3 Å². The third-order valence-corrected chi connectivity index (χ3v) is 5.73. The van der Waals surface area contributed by atoms with Gasteiger partial charge in [0.25, 0.3) is 0 Å². The topological polar surface area (TPSA) is 83.2 Å². The highest BCUT2D eigenvalue weighted by Gasteiger charge is 2.18. The monoisotopic (exact) mass is 422 g/mol. The van der Waals surface area contributed by atoms with Crippen LogP contribution in [0.25, 0.3) is 11.0 Å². The average molecular weight is 422 g/mol. The van der Waals surface area contributed by atoms with Gasteiger partial charge in [-0.2, -0.15) is 0 Å². The number of carboxylic acid groups (broad SMARTS) is 1. The van der Waals surface area contributed by atoms with Crippen molar-refractivity contribution < 1.29 is 19.1 Å². The van der Waals surface area contributed by atoms with E-state index in [2.05, 4.69) is 34.1 Å². The summed E-state index contributed by atoms with van der Waals surface area (Å²) in [6.45, 7) is 7.23. The van der Waals surface area contributed by atoms with Gasteiger partial charge in [-0.15, -0.1) is 0 Å². The molecule has 0 unspecified atom stereocenters. The summed E-state index contributed by atoms with van der Waals surface area (Å²) in [6.07, 6.45) is 0.893. The highest BCUT2D eigenvalue weighted by Crippen LogP contribution is 2.24. The molecule has 0 saturated carbocycles. The molecule has 0 bridgehead atoms. The Balaban J connectivity index is 1.28. The van der Waals surface area contributed by atoms with Crippen molar-refractivity contribution in [2.45, 2.75) is 13.3 Å². The van der Waals surface area contributed by atoms with E-state index in [0.29, 0.717) is 28.9 Å². The van der Waals surface area contributed by atoms with Crippen molar-refractivity contribution in [1.29, 1.82) is 0 Å². The zero-order valence-corrected chi connectivity index (χ0v) is 17.5. The standard InChI is InChI=1S/C24H26N2O5/c1-17-20-9-8-19(16-21(20)31-24(29)22(17)23(27)28)30-15-5-10-25-11-13-26(14-12-25)18-6-3-2-4-7-18/h2-4,6-9,16H,5,10-15H2,1H3,(H,27,28). The lowest BCUT2D eigenvalue weighted by molar-refractivity contribution is 0.0691. The largest absolute Gasteiger partial charge is 0.493 e. The number of ether oxygens (including phenoxy) is 1. The number of hydrogen-bond donors (Lipinski definition) is 1. The maximum absolute atomic E-state index is 12.0. The summed E-state index contributed by atoms with van der Waals surface area (Å²) >= 11 is 0. The summed E-state index contributed by atoms with van der Waals surface area (Å²) in [4.78, 5) is 28.1. The molecule has 0 atom stereocenters. The van der Waals surface area contributed by atoms with Crippen molar-refractivity contribution in [1.82, 2.24) is 4.90 Å². The molecular formula is C24H26N2O5. The van der Waals surface area contributed by atoms with E-state index in [4.69, 9.17) is 9.15 Å². The molecule has 3 aromatic rings. The molecule has 1 aliphatic heterocycles. The van der Waals surface area contributed by atoms with Gasteiger partial charge in [-0.05, 0) is 43.2 Å². The molecule has 0 spiro atoms. The minimum atomic E-state index is -1.28. The first-order chi connectivity index (χ1) is 15.0. The van der Waals surface area contributed by atoms with E-state index in [1.54, 1.807) is 25.1 Å². The molecule has 162 valence electrons. The van der Waals surface area contributed by atoms with Crippen LogP contribution in [0.2, 0.25) is 0 Å². The first-order valence-corrected chi connectivity index (χ1v) is 10.5. The summed E-state index contributed by atoms with van der Waals surface area (Å²) in [5, 5.41) is 9.79. The molecule has 31 heavy (non-hydrogen) atoms. The van der Waals surface area contributed by atoms with Crippen molar-refractivity contribution in [2.24, 2.45) is 0 Å². The van der Waals surface area contributed by atoms with Crippen LogP contribution >= 0.6 is 0 Å². The third kappa shape index (κ3) is 4.72. The molecule has 2 heterocycles. The van der Waals surface area contributed by atoms with Gasteiger partial charge in [0.1, 0.15) is 16.9 Å². The van der Waals surface area contributed by atoms with Gasteiger partial charge in [0, 0.05) is 49.9 Å². The van der Waals surface area contributed by atoms with Gasteiger partial charge in [0.2, 0.25) is 0 Å². The van der Waals surface area contributed by atoms with Crippen LogP contribution in [0, 0.1) is 6.92 Å². The predicted octanol–water partition coefficient (Wildman–Crippen LogP) is 3.39. The second kappa shape index (κ2) is 9.22. The van der Waals surface area contributed by atoms with Gasteiger partial charge >= 0.3 is 11.6 Å². The summed E-state index contributed by atoms with van der Waals surface area (Å²) in [6, 6.07) is 15.6. The van der Waals surface area contributed by atoms with Crippen LogP contribution in [0.3, 0.4) is 0 Å². The number of hydrogen-bond acceptors (Lipinski definition) is 6. The van der Waals surface area contributed by atoms with Crippen LogP contribution < -0.4 is 15.3 Å². The molecule has 1 aliphatic rings. The van der Waals surface area contributed by atoms with Gasteiger partial charge in [0.15, 0.2) is 0 Å². The van der Waals surface area contributed by atoms with E-state index in [0.717, 1.165) is 39.1 Å². The SMILES string of the molecule is Cc1c(C(=O)O)c(=O)oc2cc(OCCCN3CCN(c4ccccc4)CC3)ccc12. The fraction of sp³-hybridized carbons (Fsp3) is 0.333. The lowest BCUT2D eigenvalue weighted by atomic mass is 10.1. The normalized spacial score (nSPS) is 14.7. The van der Waals surface area contributed by atoms with Crippen molar-refractivity contribution in [2.75, 3.05) is 44.2 Å². The second-order valence-electron chi connectivity index (χ2n) is 7.72. The summed E-state index contributed by atoms with van der Waals surface area (Å²) in [7, 11) is 0. The van der Waals surface area contributed by atoms with Crippen molar-refractivity contribution >= 4 is 22.6 Å². The number of nitrogens with zero attached hydrogens (tertiary/aromatic N) is 2. The Morgan fingerprint density at radius 3 is 2.55 bits per heavy atom. The lowest BCUT2D eigenvalue weighted by Gasteiger charge is -2.36. The van der Waals surface area contributed by atoms with Gasteiger partial charge < -0.3 is 19.2 Å². The van der Waals surface area contributed by atoms with Crippen molar-refractivity contribution in [3.63, 3.8) is 0 Å². The number of benzene rings is 2. The molecule has 0 radical (unpaired) electrons. The number of fused-ring (bicyclic) bond motifs is 1. The smallest absolute Gasteiger partial charge is 0.351 e. The molecule has 1 N–H and O–H groups in total. The Morgan fingerprint density at radius 1 is 1.10 bits per heavy atom. The summed E-state index contributed by atoms with van der Waals surface area (Å²) in [5.74, 6) is -0.676. The van der Waals surface area contributed by atoms with E-state index in [9.17, 15) is 14.7 Å². The van der Waals surface area contributed by atoms with E-state index >= 15 is 0 Å². The Hall–Kier alpha value is -3.32. The first-order valence-electron chi connectivity index (χ1n) is 10.5. The predicted molar refractivity (Wildman–Crippen MR) is 119 cm³/mol. The highest BCUT2D eigenvalue weighted by molar-refractivity contribution is 5.95. The molecule has 0 aliphatic carbocycles. The zero-order chi connectivity index (χ0) is 21.8. The van der Waals surface area contributed by atoms with E-state index in [-0.39, 0.29) is 5.56 Å². The Kier molecular flexibility index (Phi) is 6.23. The Bertz CT molecular complexity index is 1120. The summed E-state index contributed by atoms with van der Waals surface area (Å²) < 4.78 is 11.0. The number of carbonyl (C=O) groups is 1. The fourth-order valence-corrected chi connectivity index (χ4v) is 4.02. The number of anilines is 1. The quantitative estimate of drug-likeness (QED) is 0.462. The van der Waals surface area contributed by atoms with Crippen LogP contribution in [0.1, 0.15) is 22.3 Å². The molecule has 0 amide bonds. The van der Waals surface area contributed by atoms with Crippen LogP contribution in [0.5, 0.6) is 5.75 Å². The van der Waals surface area contributed by atoms with Gasteiger partial charge in [0.05, 0.1) is 6.61 Å². The Labute approximate surface area is 180 Å². The fourth-order valence-electron chi connectivity index (χ4n) is 4.02. The zero-order valence-electron chi connectivity index (χ0n) is 17.5. The third-order valence-electron chi connectivity index (χ3n) is 5.73. The number of aromatic carboxylic acids is 1. The molecule has 4 rings (SSSR count). The second-order valence-corrected chi connectivity index (χ2v) is 7.72. The molecule has 1 fully saturated rings. The number of rotatable bonds is 7. The number of para-hydroxylation sites is 1. The molecule has 2 aromatic carbocycles. The minimum Gasteiger partial charge on any atom is -0.493 e. The minimum absolute atomic E-state index is 0.325. The van der Waals surface area contributed by atoms with Crippen LogP contribution in [0.4, 0.5) is 5.69 Å². The van der Waals surface area contributed by atoms with Gasteiger partial charge in [-0.25, -0.2) is 9.59 Å². The highest BCUT2D eigenvalue weighted by atomic mass is 16.5. The summed E-state index contributed by atoms with van der Waals surface area (Å²) in [5.41, 5.74) is 0.846. The van der Waals surface area contributed by atoms with Crippen LogP contribution in [0.15, 0.2) is 57.7 Å². The van der Waals surface area contributed by atoms with Gasteiger partial charge in [-0.1, -0.05) is 18.2 Å². The van der Waals surface area contributed by atoms with E-state index in [1.807, 2.05) is 6.07 Å². The van der Waals surface area contributed by atoms with Crippen LogP contribution in [-0.2, 0) is 0 Å². The first kappa shape index (κ1) is 20.9. The molecule has 7 nitrogen and oxygen atoms in total. The molecule has 1 saturated heterocycles. The van der Waals surface area contributed by atoms with Crippen molar-refractivity contribution in [3.05, 3.63) is 70.1 Å². The lowest BCUT2D eigenvalue weighted by Crippen LogP contribution is -2.46. The number of piperazine rings is 1. The van der Waals surface area contributed by atoms with E-state index < -0.39 is 11.6 Å². The van der Waals surface area contributed by atoms with E-state index in [1.165, 1.54) is 5.69 Å². The maximum atomic E-state index is 12.0. The Morgan fingerprint density at radius 2 is 1.84 bits per heavy atom. The number of aryl methyl sites for hydroxylation is 1. The molecular weight excluding hydrogens is 396 g/mol. The molecule has 7 heteroatoms.